The van der Waals surface area contributed by atoms with Crippen LogP contribution in [0.3, 0.4) is 0 Å². The van der Waals surface area contributed by atoms with E-state index in [0.29, 0.717) is 16.0 Å². The van der Waals surface area contributed by atoms with Crippen LogP contribution in [0.25, 0.3) is 10.8 Å². The normalized spacial score (nSPS) is 13.7. The molecule has 0 amide bonds. The van der Waals surface area contributed by atoms with Crippen LogP contribution in [-0.4, -0.2) is 25.7 Å². The third-order valence-corrected chi connectivity index (χ3v) is 7.00. The Morgan fingerprint density at radius 2 is 1.97 bits per heavy atom. The Bertz CT molecular complexity index is 1480. The van der Waals surface area contributed by atoms with E-state index in [1.165, 1.54) is 37.4 Å². The van der Waals surface area contributed by atoms with Crippen LogP contribution in [0.5, 0.6) is 5.75 Å². The van der Waals surface area contributed by atoms with Gasteiger partial charge in [0.05, 0.1) is 7.11 Å². The van der Waals surface area contributed by atoms with Gasteiger partial charge >= 0.3 is 5.76 Å². The van der Waals surface area contributed by atoms with Crippen molar-refractivity contribution in [1.29, 1.82) is 0 Å². The average Bonchev–Trinajstić information content (AvgIpc) is 3.22. The number of sulfonamides is 1. The number of nitrogens with zero attached hydrogens (tertiary/aromatic N) is 1. The van der Waals surface area contributed by atoms with E-state index < -0.39 is 33.6 Å². The topological polar surface area (TPSA) is 114 Å². The zero-order chi connectivity index (χ0) is 23.8. The van der Waals surface area contributed by atoms with Crippen molar-refractivity contribution in [3.63, 3.8) is 0 Å². The first-order valence-electron chi connectivity index (χ1n) is 9.79. The smallest absolute Gasteiger partial charge is 0.434 e. The van der Waals surface area contributed by atoms with Crippen molar-refractivity contribution < 1.29 is 22.0 Å². The van der Waals surface area contributed by atoms with Gasteiger partial charge in [0, 0.05) is 17.0 Å². The Morgan fingerprint density at radius 1 is 1.18 bits per heavy atom. The van der Waals surface area contributed by atoms with Crippen LogP contribution in [0.1, 0.15) is 30.3 Å². The third-order valence-electron chi connectivity index (χ3n) is 5.28. The van der Waals surface area contributed by atoms with Gasteiger partial charge in [0.2, 0.25) is 15.9 Å². The number of halogens is 2. The molecule has 0 bridgehead atoms. The van der Waals surface area contributed by atoms with Gasteiger partial charge in [-0.25, -0.2) is 22.7 Å². The second kappa shape index (κ2) is 8.97. The van der Waals surface area contributed by atoms with Crippen LogP contribution in [0.2, 0.25) is 5.02 Å². The number of ether oxygens (including phenoxy) is 1. The van der Waals surface area contributed by atoms with E-state index in [4.69, 9.17) is 20.8 Å². The van der Waals surface area contributed by atoms with E-state index >= 15 is 0 Å². The van der Waals surface area contributed by atoms with Gasteiger partial charge in [0.1, 0.15) is 22.5 Å². The number of aromatic nitrogens is 2. The summed E-state index contributed by atoms with van der Waals surface area (Å²) in [6, 6.07) is 12.6. The predicted molar refractivity (Wildman–Crippen MR) is 121 cm³/mol. The van der Waals surface area contributed by atoms with Gasteiger partial charge in [-0.1, -0.05) is 42.8 Å². The van der Waals surface area contributed by atoms with Crippen LogP contribution < -0.4 is 15.2 Å². The first-order valence-corrected chi connectivity index (χ1v) is 11.6. The Balaban J connectivity index is 1.81. The van der Waals surface area contributed by atoms with Gasteiger partial charge < -0.3 is 9.15 Å². The quantitative estimate of drug-likeness (QED) is 0.401. The second-order valence-electron chi connectivity index (χ2n) is 7.35. The molecule has 1 aromatic heterocycles. The van der Waals surface area contributed by atoms with Crippen molar-refractivity contribution >= 4 is 32.4 Å². The highest BCUT2D eigenvalue weighted by Crippen LogP contribution is 2.36. The summed E-state index contributed by atoms with van der Waals surface area (Å²) in [4.78, 5) is 11.5. The molecular formula is C22H19ClFN3O5S. The molecule has 0 fully saturated rings. The van der Waals surface area contributed by atoms with Gasteiger partial charge in [-0.2, -0.15) is 4.72 Å². The van der Waals surface area contributed by atoms with Crippen molar-refractivity contribution in [2.24, 2.45) is 0 Å². The van der Waals surface area contributed by atoms with Crippen LogP contribution in [0.4, 0.5) is 4.39 Å². The van der Waals surface area contributed by atoms with Crippen molar-refractivity contribution in [3.05, 3.63) is 87.4 Å². The van der Waals surface area contributed by atoms with E-state index in [9.17, 15) is 17.6 Å². The minimum Gasteiger partial charge on any atom is -0.495 e. The fraction of sp³-hybridized carbons (Fsp3) is 0.182. The summed E-state index contributed by atoms with van der Waals surface area (Å²) in [5, 5.41) is 7.67. The molecule has 0 aliphatic carbocycles. The molecular weight excluding hydrogens is 473 g/mol. The summed E-state index contributed by atoms with van der Waals surface area (Å²) in [6.45, 7) is 1.75. The Kier molecular flexibility index (Phi) is 6.24. The molecule has 8 nitrogen and oxygen atoms in total. The first kappa shape index (κ1) is 23.0. The molecule has 172 valence electrons. The highest BCUT2D eigenvalue weighted by Gasteiger charge is 2.33. The zero-order valence-corrected chi connectivity index (χ0v) is 19.1. The number of H-pyrrole nitrogens is 1. The van der Waals surface area contributed by atoms with E-state index in [0.717, 1.165) is 5.39 Å². The van der Waals surface area contributed by atoms with Gasteiger partial charge in [-0.3, -0.25) is 0 Å². The van der Waals surface area contributed by atoms with E-state index in [-0.39, 0.29) is 16.5 Å². The lowest BCUT2D eigenvalue weighted by Crippen LogP contribution is -2.32. The number of aromatic amines is 1. The number of hydrogen-bond donors (Lipinski definition) is 2. The molecule has 2 atom stereocenters. The van der Waals surface area contributed by atoms with Gasteiger partial charge in [0.25, 0.3) is 0 Å². The standard InChI is InChI=1S/C22H19ClFN3O5S/c1-12(16-5-3-4-13-10-15(24)7-8-17(13)16)20(21-25-26-22(28)32-21)27-33(29,30)19-9-6-14(23)11-18(19)31-2/h3-12,20,27H,1-2H3,(H,26,28)/t12-,20+/m1/s1. The van der Waals surface area contributed by atoms with E-state index in [1.54, 1.807) is 31.2 Å². The van der Waals surface area contributed by atoms with Crippen molar-refractivity contribution in [1.82, 2.24) is 14.9 Å². The largest absolute Gasteiger partial charge is 0.495 e. The highest BCUT2D eigenvalue weighted by atomic mass is 35.5. The highest BCUT2D eigenvalue weighted by molar-refractivity contribution is 7.89. The molecule has 33 heavy (non-hydrogen) atoms. The molecule has 0 aliphatic rings. The minimum atomic E-state index is -4.18. The second-order valence-corrected chi connectivity index (χ2v) is 9.47. The lowest BCUT2D eigenvalue weighted by Gasteiger charge is -2.24. The predicted octanol–water partition coefficient (Wildman–Crippen LogP) is 4.14. The number of nitrogens with one attached hydrogen (secondary N) is 2. The van der Waals surface area contributed by atoms with E-state index in [2.05, 4.69) is 14.9 Å². The summed E-state index contributed by atoms with van der Waals surface area (Å²) in [5.74, 6) is -1.89. The van der Waals surface area contributed by atoms with Crippen molar-refractivity contribution in [2.45, 2.75) is 23.8 Å². The molecule has 3 aromatic carbocycles. The fourth-order valence-electron chi connectivity index (χ4n) is 3.69. The molecule has 4 aromatic rings. The number of methoxy groups -OCH3 is 1. The molecule has 11 heteroatoms. The molecule has 4 rings (SSSR count). The minimum absolute atomic E-state index is 0.0468. The summed E-state index contributed by atoms with van der Waals surface area (Å²) < 4.78 is 53.2. The molecule has 2 N–H and O–H groups in total. The van der Waals surface area contributed by atoms with Crippen molar-refractivity contribution in [2.75, 3.05) is 7.11 Å². The molecule has 1 heterocycles. The number of benzene rings is 3. The molecule has 0 radical (unpaired) electrons. The summed E-state index contributed by atoms with van der Waals surface area (Å²) in [7, 11) is -2.85. The summed E-state index contributed by atoms with van der Waals surface area (Å²) in [5.41, 5.74) is 0.703. The molecule has 0 aliphatic heterocycles. The van der Waals surface area contributed by atoms with E-state index in [1.807, 2.05) is 0 Å². The molecule has 0 spiro atoms. The number of rotatable bonds is 7. The maximum absolute atomic E-state index is 13.7. The van der Waals surface area contributed by atoms with Gasteiger partial charge in [-0.15, -0.1) is 5.10 Å². The lowest BCUT2D eigenvalue weighted by atomic mass is 9.89. The van der Waals surface area contributed by atoms with Crippen LogP contribution in [-0.2, 0) is 10.0 Å². The van der Waals surface area contributed by atoms with Gasteiger partial charge in [-0.05, 0) is 40.6 Å². The Morgan fingerprint density at radius 3 is 2.67 bits per heavy atom. The lowest BCUT2D eigenvalue weighted by molar-refractivity contribution is 0.380. The maximum Gasteiger partial charge on any atom is 0.434 e. The Labute approximate surface area is 193 Å². The summed E-state index contributed by atoms with van der Waals surface area (Å²) >= 11 is 5.96. The van der Waals surface area contributed by atoms with Crippen molar-refractivity contribution in [3.8, 4) is 5.75 Å². The fourth-order valence-corrected chi connectivity index (χ4v) is 5.27. The number of fused-ring (bicyclic) bond motifs is 1. The van der Waals surface area contributed by atoms with Crippen LogP contribution in [0, 0.1) is 5.82 Å². The number of hydrogen-bond acceptors (Lipinski definition) is 6. The molecule has 0 saturated carbocycles. The van der Waals surface area contributed by atoms with Gasteiger partial charge in [0.15, 0.2) is 0 Å². The first-order chi connectivity index (χ1) is 15.7. The molecule has 0 saturated heterocycles. The molecule has 0 unspecified atom stereocenters. The SMILES string of the molecule is COc1cc(Cl)ccc1S(=O)(=O)N[C@H](c1n[nH]c(=O)o1)[C@H](C)c1cccc2cc(F)ccc12. The monoisotopic (exact) mass is 491 g/mol. The van der Waals surface area contributed by atoms with Crippen LogP contribution in [0.15, 0.2) is 68.7 Å². The zero-order valence-electron chi connectivity index (χ0n) is 17.5. The maximum atomic E-state index is 13.7. The summed E-state index contributed by atoms with van der Waals surface area (Å²) in [6.07, 6.45) is 0. The third kappa shape index (κ3) is 4.63. The van der Waals surface area contributed by atoms with Crippen LogP contribution >= 0.6 is 11.6 Å². The average molecular weight is 492 g/mol. The Hall–Kier alpha value is -3.21.